The van der Waals surface area contributed by atoms with Gasteiger partial charge in [-0.05, 0) is 19.3 Å². The smallest absolute Gasteiger partial charge is 0.323 e. The van der Waals surface area contributed by atoms with Crippen molar-refractivity contribution in [1.29, 1.82) is 0 Å². The normalized spacial score (nSPS) is 14.0. The van der Waals surface area contributed by atoms with E-state index < -0.39 is 17.6 Å². The number of aliphatic hydroxyl groups excluding tert-OH is 1. The maximum atomic E-state index is 11.0. The number of hydrogen-bond donors (Lipinski definition) is 3. The summed E-state index contributed by atoms with van der Waals surface area (Å²) in [6.07, 6.45) is 1.22. The van der Waals surface area contributed by atoms with E-state index in [-0.39, 0.29) is 0 Å². The first kappa shape index (κ1) is 13.4. The van der Waals surface area contributed by atoms with Gasteiger partial charge in [-0.25, -0.2) is 0 Å². The van der Waals surface area contributed by atoms with Crippen LogP contribution in [-0.4, -0.2) is 34.4 Å². The van der Waals surface area contributed by atoms with Crippen molar-refractivity contribution in [2.75, 3.05) is 6.54 Å². The first-order chi connectivity index (χ1) is 6.52. The molecule has 14 heavy (non-hydrogen) atoms. The van der Waals surface area contributed by atoms with Crippen LogP contribution >= 0.6 is 0 Å². The van der Waals surface area contributed by atoms with E-state index in [1.165, 1.54) is 0 Å². The standard InChI is InChI=1S/C10H21NO3/c1-4-8(12)7-11-10(5-2,6-3)9(13)14/h8,11-12H,4-7H2,1-3H3,(H,13,14). The summed E-state index contributed by atoms with van der Waals surface area (Å²) in [6.45, 7) is 5.88. The zero-order valence-electron chi connectivity index (χ0n) is 9.21. The third-order valence-corrected chi connectivity index (χ3v) is 2.76. The molecule has 0 amide bonds. The number of nitrogens with one attached hydrogen (secondary N) is 1. The predicted molar refractivity (Wildman–Crippen MR) is 55.2 cm³/mol. The molecule has 4 heteroatoms. The van der Waals surface area contributed by atoms with E-state index in [0.29, 0.717) is 25.8 Å². The van der Waals surface area contributed by atoms with Crippen LogP contribution in [0.1, 0.15) is 40.0 Å². The highest BCUT2D eigenvalue weighted by Gasteiger charge is 2.34. The van der Waals surface area contributed by atoms with Crippen molar-refractivity contribution in [3.63, 3.8) is 0 Å². The van der Waals surface area contributed by atoms with Crippen molar-refractivity contribution < 1.29 is 15.0 Å². The summed E-state index contributed by atoms with van der Waals surface area (Å²) in [7, 11) is 0. The van der Waals surface area contributed by atoms with Crippen LogP contribution in [0.4, 0.5) is 0 Å². The summed E-state index contributed by atoms with van der Waals surface area (Å²) >= 11 is 0. The Labute approximate surface area is 85.3 Å². The second kappa shape index (κ2) is 5.98. The Morgan fingerprint density at radius 3 is 2.14 bits per heavy atom. The summed E-state index contributed by atoms with van der Waals surface area (Å²) in [5.74, 6) is -0.842. The first-order valence-electron chi connectivity index (χ1n) is 5.18. The van der Waals surface area contributed by atoms with Gasteiger partial charge in [0.15, 0.2) is 0 Å². The Morgan fingerprint density at radius 2 is 1.86 bits per heavy atom. The van der Waals surface area contributed by atoms with Gasteiger partial charge < -0.3 is 10.2 Å². The van der Waals surface area contributed by atoms with Gasteiger partial charge in [-0.3, -0.25) is 10.1 Å². The molecule has 0 saturated carbocycles. The Kier molecular flexibility index (Phi) is 5.72. The van der Waals surface area contributed by atoms with E-state index in [1.807, 2.05) is 20.8 Å². The zero-order valence-corrected chi connectivity index (χ0v) is 9.21. The largest absolute Gasteiger partial charge is 0.480 e. The van der Waals surface area contributed by atoms with Crippen molar-refractivity contribution in [3.05, 3.63) is 0 Å². The lowest BCUT2D eigenvalue weighted by Crippen LogP contribution is -2.53. The third-order valence-electron chi connectivity index (χ3n) is 2.76. The number of carboxylic acids is 1. The van der Waals surface area contributed by atoms with E-state index >= 15 is 0 Å². The first-order valence-corrected chi connectivity index (χ1v) is 5.18. The van der Waals surface area contributed by atoms with Crippen LogP contribution in [-0.2, 0) is 4.79 Å². The average molecular weight is 203 g/mol. The number of β-amino-alcohol motifs (C(OH)–C–C–N with tert-alkyl or cyclic N) is 1. The van der Waals surface area contributed by atoms with Crippen LogP contribution < -0.4 is 5.32 Å². The van der Waals surface area contributed by atoms with Gasteiger partial charge in [-0.2, -0.15) is 0 Å². The molecule has 0 fully saturated rings. The second-order valence-electron chi connectivity index (χ2n) is 3.54. The zero-order chi connectivity index (χ0) is 11.2. The van der Waals surface area contributed by atoms with E-state index in [0.717, 1.165) is 0 Å². The molecule has 0 aromatic carbocycles. The Bertz CT molecular complexity index is 178. The number of carbonyl (C=O) groups is 1. The summed E-state index contributed by atoms with van der Waals surface area (Å²) in [5.41, 5.74) is -0.879. The van der Waals surface area contributed by atoms with Crippen LogP contribution in [0.3, 0.4) is 0 Å². The fraction of sp³-hybridized carbons (Fsp3) is 0.900. The third kappa shape index (κ3) is 3.27. The van der Waals surface area contributed by atoms with E-state index in [1.54, 1.807) is 0 Å². The van der Waals surface area contributed by atoms with Crippen LogP contribution in [0.15, 0.2) is 0 Å². The molecule has 0 bridgehead atoms. The SMILES string of the molecule is CCC(O)CNC(CC)(CC)C(=O)O. The highest BCUT2D eigenvalue weighted by Crippen LogP contribution is 2.15. The minimum absolute atomic E-state index is 0.338. The molecule has 3 N–H and O–H groups in total. The van der Waals surface area contributed by atoms with Gasteiger partial charge in [-0.1, -0.05) is 20.8 Å². The molecule has 0 saturated heterocycles. The van der Waals surface area contributed by atoms with Crippen molar-refractivity contribution >= 4 is 5.97 Å². The lowest BCUT2D eigenvalue weighted by Gasteiger charge is -2.29. The minimum atomic E-state index is -0.879. The fourth-order valence-corrected chi connectivity index (χ4v) is 1.34. The van der Waals surface area contributed by atoms with Crippen LogP contribution in [0.5, 0.6) is 0 Å². The summed E-state index contributed by atoms with van der Waals surface area (Å²) < 4.78 is 0. The second-order valence-corrected chi connectivity index (χ2v) is 3.54. The van der Waals surface area contributed by atoms with Crippen LogP contribution in [0.25, 0.3) is 0 Å². The monoisotopic (exact) mass is 203 g/mol. The molecule has 0 spiro atoms. The highest BCUT2D eigenvalue weighted by atomic mass is 16.4. The van der Waals surface area contributed by atoms with Crippen molar-refractivity contribution in [2.45, 2.75) is 51.7 Å². The van der Waals surface area contributed by atoms with Gasteiger partial charge in [0.1, 0.15) is 5.54 Å². The number of carboxylic acid groups (broad SMARTS) is 1. The summed E-state index contributed by atoms with van der Waals surface area (Å²) in [4.78, 5) is 11.0. The van der Waals surface area contributed by atoms with Crippen molar-refractivity contribution in [3.8, 4) is 0 Å². The molecule has 0 aliphatic rings. The molecule has 1 atom stereocenters. The van der Waals surface area contributed by atoms with E-state index in [2.05, 4.69) is 5.32 Å². The molecule has 0 aliphatic carbocycles. The van der Waals surface area contributed by atoms with Crippen LogP contribution in [0, 0.1) is 0 Å². The molecule has 0 heterocycles. The Morgan fingerprint density at radius 1 is 1.36 bits per heavy atom. The molecule has 0 aromatic heterocycles. The van der Waals surface area contributed by atoms with E-state index in [9.17, 15) is 9.90 Å². The van der Waals surface area contributed by atoms with Gasteiger partial charge in [0.25, 0.3) is 0 Å². The average Bonchev–Trinajstić information content (AvgIpc) is 2.19. The van der Waals surface area contributed by atoms with Gasteiger partial charge >= 0.3 is 5.97 Å². The molecule has 0 rings (SSSR count). The molecular weight excluding hydrogens is 182 g/mol. The highest BCUT2D eigenvalue weighted by molar-refractivity contribution is 5.78. The van der Waals surface area contributed by atoms with Crippen molar-refractivity contribution in [1.82, 2.24) is 5.32 Å². The van der Waals surface area contributed by atoms with Crippen LogP contribution in [0.2, 0.25) is 0 Å². The summed E-state index contributed by atoms with van der Waals surface area (Å²) in [5, 5.41) is 21.3. The molecule has 0 aliphatic heterocycles. The quantitative estimate of drug-likeness (QED) is 0.577. The van der Waals surface area contributed by atoms with Gasteiger partial charge in [0.2, 0.25) is 0 Å². The van der Waals surface area contributed by atoms with Gasteiger partial charge in [-0.15, -0.1) is 0 Å². The number of hydrogen-bond acceptors (Lipinski definition) is 3. The minimum Gasteiger partial charge on any atom is -0.480 e. The number of aliphatic hydroxyl groups is 1. The maximum absolute atomic E-state index is 11.0. The number of aliphatic carboxylic acids is 1. The lowest BCUT2D eigenvalue weighted by atomic mass is 9.92. The fourth-order valence-electron chi connectivity index (χ4n) is 1.34. The van der Waals surface area contributed by atoms with Crippen molar-refractivity contribution in [2.24, 2.45) is 0 Å². The molecule has 84 valence electrons. The lowest BCUT2D eigenvalue weighted by molar-refractivity contribution is -0.145. The molecule has 4 nitrogen and oxygen atoms in total. The Balaban J connectivity index is 4.29. The Hall–Kier alpha value is -0.610. The predicted octanol–water partition coefficient (Wildman–Crippen LogP) is 0.990. The topological polar surface area (TPSA) is 69.6 Å². The molecule has 0 radical (unpaired) electrons. The van der Waals surface area contributed by atoms with Gasteiger partial charge in [0.05, 0.1) is 6.10 Å². The molecule has 0 aromatic rings. The van der Waals surface area contributed by atoms with Gasteiger partial charge in [0, 0.05) is 6.54 Å². The number of rotatable bonds is 7. The van der Waals surface area contributed by atoms with E-state index in [4.69, 9.17) is 5.11 Å². The maximum Gasteiger partial charge on any atom is 0.323 e. The molecule has 1 unspecified atom stereocenters. The summed E-state index contributed by atoms with van der Waals surface area (Å²) in [6, 6.07) is 0. The molecular formula is C10H21NO3.